The smallest absolute Gasteiger partial charge is 0.216 e. The van der Waals surface area contributed by atoms with Gasteiger partial charge in [0, 0.05) is 48.2 Å². The second kappa shape index (κ2) is 14.3. The molecule has 0 saturated heterocycles. The Morgan fingerprint density at radius 3 is 2.42 bits per heavy atom. The number of hydrogen-bond donors (Lipinski definition) is 2. The topological polar surface area (TPSA) is 83.4 Å². The zero-order valence-electron chi connectivity index (χ0n) is 22.7. The highest BCUT2D eigenvalue weighted by Gasteiger charge is 2.11. The van der Waals surface area contributed by atoms with Gasteiger partial charge in [-0.15, -0.1) is 0 Å². The molecule has 7 heteroatoms. The van der Waals surface area contributed by atoms with Crippen molar-refractivity contribution < 1.29 is 14.3 Å². The van der Waals surface area contributed by atoms with Crippen molar-refractivity contribution in [2.75, 3.05) is 13.1 Å². The fourth-order valence-electron chi connectivity index (χ4n) is 4.32. The maximum absolute atomic E-state index is 11.1. The summed E-state index contributed by atoms with van der Waals surface area (Å²) >= 11 is 3.42. The standard InChI is InChI=1S/C33H32BrN3O3/c1-23-27(9-6-10-32(23)25-7-4-3-5-8-25)21-39-31-14-12-26(20-36-15-16-37-24(2)38)33(18-31)40-22-28-11-13-30(34)17-29(28)19-35/h3-14,17-18,36H,15-16,20-22H2,1-2H3,(H,37,38). The lowest BCUT2D eigenvalue weighted by molar-refractivity contribution is -0.118. The quantitative estimate of drug-likeness (QED) is 0.178. The molecule has 204 valence electrons. The summed E-state index contributed by atoms with van der Waals surface area (Å²) in [6.45, 7) is 6.01. The highest BCUT2D eigenvalue weighted by atomic mass is 79.9. The van der Waals surface area contributed by atoms with Gasteiger partial charge in [0.15, 0.2) is 0 Å². The van der Waals surface area contributed by atoms with Gasteiger partial charge in [-0.1, -0.05) is 76.6 Å². The van der Waals surface area contributed by atoms with Crippen molar-refractivity contribution in [2.24, 2.45) is 0 Å². The molecule has 0 aliphatic heterocycles. The first kappa shape index (κ1) is 28.9. The van der Waals surface area contributed by atoms with Crippen molar-refractivity contribution in [3.63, 3.8) is 0 Å². The van der Waals surface area contributed by atoms with Crippen LogP contribution in [0, 0.1) is 18.3 Å². The molecule has 0 aliphatic rings. The summed E-state index contributed by atoms with van der Waals surface area (Å²) in [4.78, 5) is 11.1. The summed E-state index contributed by atoms with van der Waals surface area (Å²) in [5.41, 5.74) is 6.98. The molecule has 0 bridgehead atoms. The largest absolute Gasteiger partial charge is 0.489 e. The van der Waals surface area contributed by atoms with Crippen LogP contribution >= 0.6 is 15.9 Å². The number of nitriles is 1. The molecule has 0 fully saturated rings. The summed E-state index contributed by atoms with van der Waals surface area (Å²) in [5, 5.41) is 15.7. The molecule has 0 heterocycles. The Morgan fingerprint density at radius 2 is 1.65 bits per heavy atom. The maximum atomic E-state index is 11.1. The van der Waals surface area contributed by atoms with E-state index in [4.69, 9.17) is 9.47 Å². The number of halogens is 1. The minimum Gasteiger partial charge on any atom is -0.489 e. The van der Waals surface area contributed by atoms with Crippen LogP contribution in [0.15, 0.2) is 89.4 Å². The average molecular weight is 599 g/mol. The second-order valence-corrected chi connectivity index (χ2v) is 10.3. The van der Waals surface area contributed by atoms with Crippen molar-refractivity contribution in [1.29, 1.82) is 5.26 Å². The fraction of sp³-hybridized carbons (Fsp3) is 0.212. The van der Waals surface area contributed by atoms with Crippen molar-refractivity contribution in [2.45, 2.75) is 33.6 Å². The third-order valence-corrected chi connectivity index (χ3v) is 7.02. The lowest BCUT2D eigenvalue weighted by Gasteiger charge is -2.16. The highest BCUT2D eigenvalue weighted by Crippen LogP contribution is 2.29. The van der Waals surface area contributed by atoms with Crippen molar-refractivity contribution >= 4 is 21.8 Å². The first-order valence-corrected chi connectivity index (χ1v) is 13.9. The number of benzene rings is 4. The molecule has 4 aromatic rings. The normalized spacial score (nSPS) is 10.6. The van der Waals surface area contributed by atoms with E-state index in [1.54, 1.807) is 6.07 Å². The van der Waals surface area contributed by atoms with E-state index in [-0.39, 0.29) is 12.5 Å². The van der Waals surface area contributed by atoms with Gasteiger partial charge in [-0.3, -0.25) is 4.79 Å². The van der Waals surface area contributed by atoms with Crippen LogP contribution in [0.1, 0.15) is 34.7 Å². The first-order chi connectivity index (χ1) is 19.4. The van der Waals surface area contributed by atoms with Crippen LogP contribution in [0.3, 0.4) is 0 Å². The van der Waals surface area contributed by atoms with Crippen LogP contribution in [0.4, 0.5) is 0 Å². The zero-order valence-corrected chi connectivity index (χ0v) is 24.3. The molecule has 2 N–H and O–H groups in total. The Labute approximate surface area is 244 Å². The van der Waals surface area contributed by atoms with E-state index in [2.05, 4.69) is 69.9 Å². The Hall–Kier alpha value is -4.12. The number of amides is 1. The number of nitrogens with one attached hydrogen (secondary N) is 2. The van der Waals surface area contributed by atoms with Gasteiger partial charge in [0.2, 0.25) is 5.91 Å². The van der Waals surface area contributed by atoms with Crippen LogP contribution in [-0.4, -0.2) is 19.0 Å². The fourth-order valence-corrected chi connectivity index (χ4v) is 4.68. The van der Waals surface area contributed by atoms with E-state index in [0.29, 0.717) is 43.3 Å². The van der Waals surface area contributed by atoms with Gasteiger partial charge in [0.1, 0.15) is 24.7 Å². The monoisotopic (exact) mass is 597 g/mol. The Balaban J connectivity index is 1.50. The third-order valence-electron chi connectivity index (χ3n) is 6.53. The van der Waals surface area contributed by atoms with Crippen molar-refractivity contribution in [3.05, 3.63) is 117 Å². The molecular formula is C33H32BrN3O3. The molecule has 0 atom stereocenters. The van der Waals surface area contributed by atoms with E-state index < -0.39 is 0 Å². The second-order valence-electron chi connectivity index (χ2n) is 9.38. The summed E-state index contributed by atoms with van der Waals surface area (Å²) in [5.74, 6) is 1.31. The van der Waals surface area contributed by atoms with E-state index >= 15 is 0 Å². The molecule has 0 aliphatic carbocycles. The molecule has 0 unspecified atom stereocenters. The van der Waals surface area contributed by atoms with Crippen LogP contribution in [0.25, 0.3) is 11.1 Å². The number of carbonyl (C=O) groups is 1. The molecule has 6 nitrogen and oxygen atoms in total. The van der Waals surface area contributed by atoms with E-state index in [9.17, 15) is 10.1 Å². The molecule has 4 aromatic carbocycles. The molecule has 1 amide bonds. The predicted octanol–water partition coefficient (Wildman–Crippen LogP) is 6.68. The number of hydrogen-bond acceptors (Lipinski definition) is 5. The van der Waals surface area contributed by atoms with Crippen LogP contribution < -0.4 is 20.1 Å². The van der Waals surface area contributed by atoms with Gasteiger partial charge in [-0.2, -0.15) is 5.26 Å². The maximum Gasteiger partial charge on any atom is 0.216 e. The van der Waals surface area contributed by atoms with Gasteiger partial charge in [-0.25, -0.2) is 0 Å². The summed E-state index contributed by atoms with van der Waals surface area (Å²) in [6, 6.07) is 30.2. The highest BCUT2D eigenvalue weighted by molar-refractivity contribution is 9.10. The van der Waals surface area contributed by atoms with Gasteiger partial charge in [0.05, 0.1) is 11.6 Å². The minimum absolute atomic E-state index is 0.0559. The zero-order chi connectivity index (χ0) is 28.3. The average Bonchev–Trinajstić information content (AvgIpc) is 2.96. The van der Waals surface area contributed by atoms with Gasteiger partial charge >= 0.3 is 0 Å². The predicted molar refractivity (Wildman–Crippen MR) is 161 cm³/mol. The van der Waals surface area contributed by atoms with Crippen molar-refractivity contribution in [1.82, 2.24) is 10.6 Å². The van der Waals surface area contributed by atoms with Crippen LogP contribution in [0.5, 0.6) is 11.5 Å². The van der Waals surface area contributed by atoms with Gasteiger partial charge < -0.3 is 20.1 Å². The number of carbonyl (C=O) groups excluding carboxylic acids is 1. The van der Waals surface area contributed by atoms with Crippen molar-refractivity contribution in [3.8, 4) is 28.7 Å². The Morgan fingerprint density at radius 1 is 0.875 bits per heavy atom. The number of ether oxygens (including phenoxy) is 2. The lowest BCUT2D eigenvalue weighted by atomic mass is 9.97. The van der Waals surface area contributed by atoms with Crippen LogP contribution in [-0.2, 0) is 24.6 Å². The molecule has 0 aromatic heterocycles. The minimum atomic E-state index is -0.0559. The van der Waals surface area contributed by atoms with Gasteiger partial charge in [0.25, 0.3) is 0 Å². The number of nitrogens with zero attached hydrogens (tertiary/aromatic N) is 1. The molecule has 40 heavy (non-hydrogen) atoms. The Kier molecular flexibility index (Phi) is 10.3. The molecule has 4 rings (SSSR count). The van der Waals surface area contributed by atoms with E-state index in [0.717, 1.165) is 21.2 Å². The SMILES string of the molecule is CC(=O)NCCNCc1ccc(OCc2cccc(-c3ccccc3)c2C)cc1OCc1ccc(Br)cc1C#N. The summed E-state index contributed by atoms with van der Waals surface area (Å²) < 4.78 is 13.3. The molecule has 0 spiro atoms. The Bertz CT molecular complexity index is 1500. The molecular weight excluding hydrogens is 566 g/mol. The number of rotatable bonds is 12. The lowest BCUT2D eigenvalue weighted by Crippen LogP contribution is -2.30. The summed E-state index contributed by atoms with van der Waals surface area (Å²) in [6.07, 6.45) is 0. The first-order valence-electron chi connectivity index (χ1n) is 13.1. The molecule has 0 radical (unpaired) electrons. The summed E-state index contributed by atoms with van der Waals surface area (Å²) in [7, 11) is 0. The third kappa shape index (κ3) is 7.95. The molecule has 0 saturated carbocycles. The van der Waals surface area contributed by atoms with Crippen LogP contribution in [0.2, 0.25) is 0 Å². The van der Waals surface area contributed by atoms with E-state index in [1.807, 2.05) is 48.5 Å². The van der Waals surface area contributed by atoms with E-state index in [1.165, 1.54) is 23.6 Å². The van der Waals surface area contributed by atoms with Gasteiger partial charge in [-0.05, 0) is 47.4 Å².